The number of benzene rings is 1. The van der Waals surface area contributed by atoms with Crippen molar-refractivity contribution in [2.75, 3.05) is 31.6 Å². The molecule has 0 spiro atoms. The molecule has 1 aliphatic rings. The first-order chi connectivity index (χ1) is 12.6. The van der Waals surface area contributed by atoms with Crippen LogP contribution in [0.15, 0.2) is 24.3 Å². The van der Waals surface area contributed by atoms with E-state index in [0.717, 1.165) is 31.2 Å². The van der Waals surface area contributed by atoms with E-state index in [2.05, 4.69) is 22.5 Å². The van der Waals surface area contributed by atoms with Crippen LogP contribution in [0.5, 0.6) is 0 Å². The Morgan fingerprint density at radius 3 is 2.96 bits per heavy atom. The zero-order valence-electron chi connectivity index (χ0n) is 15.9. The zero-order chi connectivity index (χ0) is 18.8. The fourth-order valence-electron chi connectivity index (χ4n) is 3.41. The number of thiocarbonyl (C=S) groups is 1. The quantitative estimate of drug-likeness (QED) is 0.408. The largest absolute Gasteiger partial charge is 0.462 e. The van der Waals surface area contributed by atoms with E-state index in [4.69, 9.17) is 17.0 Å². The second kappa shape index (κ2) is 11.1. The maximum Gasteiger partial charge on any atom is 0.338 e. The van der Waals surface area contributed by atoms with Crippen molar-refractivity contribution in [3.63, 3.8) is 0 Å². The molecule has 6 heteroatoms. The number of piperidine rings is 1. The van der Waals surface area contributed by atoms with Crippen LogP contribution in [0.1, 0.15) is 56.3 Å². The molecule has 1 unspecified atom stereocenters. The summed E-state index contributed by atoms with van der Waals surface area (Å²) >= 11 is 5.36. The van der Waals surface area contributed by atoms with Crippen LogP contribution in [0.2, 0.25) is 0 Å². The second-order valence-electron chi connectivity index (χ2n) is 6.63. The molecule has 0 aromatic heterocycles. The lowest BCUT2D eigenvalue weighted by Gasteiger charge is -2.35. The molecule has 0 radical (unpaired) electrons. The maximum atomic E-state index is 11.8. The first kappa shape index (κ1) is 20.6. The van der Waals surface area contributed by atoms with Gasteiger partial charge in [-0.25, -0.2) is 4.79 Å². The van der Waals surface area contributed by atoms with Crippen molar-refractivity contribution in [2.24, 2.45) is 0 Å². The Hall–Kier alpha value is -1.66. The SMILES string of the molecule is CCOC(=O)c1cccc(NC(=S)NCCCN2CCCCC2CC)c1. The minimum absolute atomic E-state index is 0.318. The third kappa shape index (κ3) is 6.57. The van der Waals surface area contributed by atoms with E-state index in [-0.39, 0.29) is 5.97 Å². The van der Waals surface area contributed by atoms with Crippen molar-refractivity contribution in [3.05, 3.63) is 29.8 Å². The first-order valence-electron chi connectivity index (χ1n) is 9.70. The van der Waals surface area contributed by atoms with Crippen molar-refractivity contribution in [1.82, 2.24) is 10.2 Å². The molecule has 0 bridgehead atoms. The van der Waals surface area contributed by atoms with E-state index < -0.39 is 0 Å². The predicted molar refractivity (Wildman–Crippen MR) is 111 cm³/mol. The Morgan fingerprint density at radius 2 is 2.19 bits per heavy atom. The summed E-state index contributed by atoms with van der Waals surface area (Å²) in [5, 5.41) is 6.97. The lowest BCUT2D eigenvalue weighted by Crippen LogP contribution is -2.40. The topological polar surface area (TPSA) is 53.6 Å². The van der Waals surface area contributed by atoms with Gasteiger partial charge >= 0.3 is 5.97 Å². The standard InChI is InChI=1S/C20H31N3O2S/c1-3-18-11-5-6-13-23(18)14-8-12-21-20(26)22-17-10-7-9-16(15-17)19(24)25-4-2/h7,9-10,15,18H,3-6,8,11-14H2,1-2H3,(H2,21,22,26). The van der Waals surface area contributed by atoms with Crippen LogP contribution in [0.25, 0.3) is 0 Å². The summed E-state index contributed by atoms with van der Waals surface area (Å²) in [5.74, 6) is -0.318. The van der Waals surface area contributed by atoms with Gasteiger partial charge in [0.25, 0.3) is 0 Å². The molecule has 1 heterocycles. The lowest BCUT2D eigenvalue weighted by atomic mass is 10.00. The third-order valence-corrected chi connectivity index (χ3v) is 5.01. The van der Waals surface area contributed by atoms with Gasteiger partial charge in [-0.05, 0) is 69.6 Å². The molecule has 2 N–H and O–H groups in total. The van der Waals surface area contributed by atoms with Gasteiger partial charge in [0, 0.05) is 24.8 Å². The molecule has 144 valence electrons. The van der Waals surface area contributed by atoms with Crippen LogP contribution in [-0.2, 0) is 4.74 Å². The highest BCUT2D eigenvalue weighted by Crippen LogP contribution is 2.19. The van der Waals surface area contributed by atoms with Crippen LogP contribution in [0.3, 0.4) is 0 Å². The first-order valence-corrected chi connectivity index (χ1v) is 10.1. The molecule has 5 nitrogen and oxygen atoms in total. The summed E-state index contributed by atoms with van der Waals surface area (Å²) in [6.45, 7) is 7.63. The fraction of sp³-hybridized carbons (Fsp3) is 0.600. The number of anilines is 1. The average Bonchev–Trinajstić information content (AvgIpc) is 2.66. The molecule has 26 heavy (non-hydrogen) atoms. The van der Waals surface area contributed by atoms with Gasteiger partial charge in [-0.2, -0.15) is 0 Å². The minimum atomic E-state index is -0.318. The maximum absolute atomic E-state index is 11.8. The number of ether oxygens (including phenoxy) is 1. The summed E-state index contributed by atoms with van der Waals surface area (Å²) in [7, 11) is 0. The van der Waals surface area contributed by atoms with Gasteiger partial charge in [0.1, 0.15) is 0 Å². The Morgan fingerprint density at radius 1 is 1.35 bits per heavy atom. The highest BCUT2D eigenvalue weighted by molar-refractivity contribution is 7.80. The summed E-state index contributed by atoms with van der Waals surface area (Å²) in [4.78, 5) is 14.4. The van der Waals surface area contributed by atoms with E-state index in [0.29, 0.717) is 17.3 Å². The molecule has 2 rings (SSSR count). The Bertz CT molecular complexity index is 594. The van der Waals surface area contributed by atoms with E-state index in [1.165, 1.54) is 32.2 Å². The molecule has 0 aliphatic carbocycles. The van der Waals surface area contributed by atoms with Crippen molar-refractivity contribution in [3.8, 4) is 0 Å². The van der Waals surface area contributed by atoms with E-state index in [1.807, 2.05) is 12.1 Å². The van der Waals surface area contributed by atoms with Crippen molar-refractivity contribution in [1.29, 1.82) is 0 Å². The van der Waals surface area contributed by atoms with Gasteiger partial charge in [-0.15, -0.1) is 0 Å². The van der Waals surface area contributed by atoms with Gasteiger partial charge in [-0.3, -0.25) is 0 Å². The van der Waals surface area contributed by atoms with Crippen molar-refractivity contribution >= 4 is 29.0 Å². The molecule has 1 atom stereocenters. The summed E-state index contributed by atoms with van der Waals surface area (Å²) in [6, 6.07) is 7.95. The van der Waals surface area contributed by atoms with E-state index in [1.54, 1.807) is 19.1 Å². The van der Waals surface area contributed by atoms with E-state index in [9.17, 15) is 4.79 Å². The third-order valence-electron chi connectivity index (χ3n) is 4.76. The fourth-order valence-corrected chi connectivity index (χ4v) is 3.63. The van der Waals surface area contributed by atoms with Crippen molar-refractivity contribution < 1.29 is 9.53 Å². The molecule has 1 fully saturated rings. The van der Waals surface area contributed by atoms with Crippen LogP contribution < -0.4 is 10.6 Å². The van der Waals surface area contributed by atoms with Gasteiger partial charge in [0.15, 0.2) is 5.11 Å². The molecule has 0 amide bonds. The van der Waals surface area contributed by atoms with Crippen LogP contribution in [0, 0.1) is 0 Å². The molecule has 1 saturated heterocycles. The van der Waals surface area contributed by atoms with Gasteiger partial charge in [0.05, 0.1) is 12.2 Å². The predicted octanol–water partition coefficient (Wildman–Crippen LogP) is 3.80. The Kier molecular flexibility index (Phi) is 8.85. The highest BCUT2D eigenvalue weighted by atomic mass is 32.1. The molecule has 1 aromatic rings. The number of hydrogen-bond acceptors (Lipinski definition) is 4. The lowest BCUT2D eigenvalue weighted by molar-refractivity contribution is 0.0526. The van der Waals surface area contributed by atoms with Crippen molar-refractivity contribution in [2.45, 2.75) is 52.0 Å². The van der Waals surface area contributed by atoms with Crippen LogP contribution in [-0.4, -0.2) is 48.3 Å². The minimum Gasteiger partial charge on any atom is -0.462 e. The van der Waals surface area contributed by atoms with Gasteiger partial charge < -0.3 is 20.3 Å². The number of carbonyl (C=O) groups is 1. The van der Waals surface area contributed by atoms with Crippen LogP contribution >= 0.6 is 12.2 Å². The normalized spacial score (nSPS) is 17.5. The number of likely N-dealkylation sites (tertiary alicyclic amines) is 1. The molecular weight excluding hydrogens is 346 g/mol. The second-order valence-corrected chi connectivity index (χ2v) is 7.04. The Balaban J connectivity index is 1.72. The summed E-state index contributed by atoms with van der Waals surface area (Å²) in [6.07, 6.45) is 6.33. The van der Waals surface area contributed by atoms with Gasteiger partial charge in [0.2, 0.25) is 0 Å². The summed E-state index contributed by atoms with van der Waals surface area (Å²) in [5.41, 5.74) is 1.31. The van der Waals surface area contributed by atoms with E-state index >= 15 is 0 Å². The number of esters is 1. The molecular formula is C20H31N3O2S. The molecule has 1 aromatic carbocycles. The Labute approximate surface area is 162 Å². The number of carbonyl (C=O) groups excluding carboxylic acids is 1. The summed E-state index contributed by atoms with van der Waals surface area (Å²) < 4.78 is 5.02. The zero-order valence-corrected chi connectivity index (χ0v) is 16.7. The van der Waals surface area contributed by atoms with Gasteiger partial charge in [-0.1, -0.05) is 19.4 Å². The molecule has 0 saturated carbocycles. The van der Waals surface area contributed by atoms with Crippen LogP contribution in [0.4, 0.5) is 5.69 Å². The average molecular weight is 378 g/mol. The monoisotopic (exact) mass is 377 g/mol. The smallest absolute Gasteiger partial charge is 0.338 e. The number of nitrogens with zero attached hydrogens (tertiary/aromatic N) is 1. The molecule has 1 aliphatic heterocycles. The highest BCUT2D eigenvalue weighted by Gasteiger charge is 2.19. The number of rotatable bonds is 8. The number of nitrogens with one attached hydrogen (secondary N) is 2. The number of hydrogen-bond donors (Lipinski definition) is 2.